The number of hydrogen-bond acceptors (Lipinski definition) is 3. The van der Waals surface area contributed by atoms with Gasteiger partial charge in [-0.15, -0.1) is 0 Å². The molecule has 2 atom stereocenters. The van der Waals surface area contributed by atoms with Crippen molar-refractivity contribution >= 4 is 16.6 Å². The Morgan fingerprint density at radius 3 is 1.73 bits per heavy atom. The van der Waals surface area contributed by atoms with Crippen LogP contribution >= 0.6 is 0 Å². The Labute approximate surface area is 139 Å². The molecule has 22 heavy (non-hydrogen) atoms. The van der Waals surface area contributed by atoms with E-state index in [1.54, 1.807) is 6.26 Å². The summed E-state index contributed by atoms with van der Waals surface area (Å²) in [6.45, 7) is 14.3. The van der Waals surface area contributed by atoms with Crippen LogP contribution in [0.3, 0.4) is 0 Å². The van der Waals surface area contributed by atoms with Gasteiger partial charge in [0.1, 0.15) is 12.7 Å². The first-order valence-corrected chi connectivity index (χ1v) is 14.2. The van der Waals surface area contributed by atoms with Crippen molar-refractivity contribution in [3.8, 4) is 0 Å². The molecule has 0 radical (unpaired) electrons. The third-order valence-electron chi connectivity index (χ3n) is 5.64. The summed E-state index contributed by atoms with van der Waals surface area (Å²) in [5, 5.41) is 0. The first-order chi connectivity index (χ1) is 10.5. The fourth-order valence-corrected chi connectivity index (χ4v) is 8.98. The molecule has 0 aliphatic carbocycles. The fraction of sp³-hybridized carbons (Fsp3) is 0.882. The van der Waals surface area contributed by atoms with E-state index in [4.69, 9.17) is 13.6 Å². The molecule has 0 aromatic heterocycles. The number of ether oxygens (including phenoxy) is 1. The summed E-state index contributed by atoms with van der Waals surface area (Å²) in [6.07, 6.45) is 4.04. The van der Waals surface area contributed by atoms with Crippen molar-refractivity contribution in [2.24, 2.45) is 0 Å². The largest absolute Gasteiger partial charge is 0.499 e. The van der Waals surface area contributed by atoms with Gasteiger partial charge in [0.15, 0.2) is 16.6 Å². The molecule has 0 aromatic rings. The zero-order valence-corrected chi connectivity index (χ0v) is 17.5. The lowest BCUT2D eigenvalue weighted by Gasteiger charge is -2.41. The van der Waals surface area contributed by atoms with Crippen molar-refractivity contribution in [1.29, 1.82) is 0 Å². The molecule has 0 aromatic carbocycles. The predicted molar refractivity (Wildman–Crippen MR) is 99.2 cm³/mol. The molecule has 1 rings (SSSR count). The van der Waals surface area contributed by atoms with Gasteiger partial charge in [0.25, 0.3) is 0 Å². The van der Waals surface area contributed by atoms with Gasteiger partial charge in [-0.05, 0) is 42.3 Å². The first kappa shape index (κ1) is 19.9. The van der Waals surface area contributed by atoms with Crippen molar-refractivity contribution in [3.05, 3.63) is 12.3 Å². The van der Waals surface area contributed by atoms with Gasteiger partial charge in [-0.2, -0.15) is 0 Å². The third kappa shape index (κ3) is 4.69. The topological polar surface area (TPSA) is 27.7 Å². The van der Waals surface area contributed by atoms with E-state index < -0.39 is 16.6 Å². The standard InChI is InChI=1S/C17H36O3Si2/c1-7-21(8-2,9-3)19-16-13-14-18-15-17(16)20-22(10-4,11-5)12-6/h13-14,16-17H,7-12,15H2,1-6H3/t16-,17+/m1/s1. The maximum absolute atomic E-state index is 6.69. The number of hydrogen-bond donors (Lipinski definition) is 0. The second-order valence-corrected chi connectivity index (χ2v) is 15.8. The van der Waals surface area contributed by atoms with Crippen LogP contribution in [-0.2, 0) is 13.6 Å². The molecule has 1 aliphatic rings. The van der Waals surface area contributed by atoms with E-state index in [2.05, 4.69) is 47.6 Å². The van der Waals surface area contributed by atoms with Gasteiger partial charge < -0.3 is 13.6 Å². The number of rotatable bonds is 10. The Bertz CT molecular complexity index is 322. The minimum absolute atomic E-state index is 0.0769. The Kier molecular flexibility index (Phi) is 8.39. The van der Waals surface area contributed by atoms with Crippen LogP contribution in [0.4, 0.5) is 0 Å². The molecule has 5 heteroatoms. The molecule has 0 spiro atoms. The van der Waals surface area contributed by atoms with E-state index in [0.29, 0.717) is 6.61 Å². The molecule has 0 unspecified atom stereocenters. The van der Waals surface area contributed by atoms with Crippen molar-refractivity contribution < 1.29 is 13.6 Å². The minimum atomic E-state index is -1.63. The first-order valence-electron chi connectivity index (χ1n) is 9.18. The lowest BCUT2D eigenvalue weighted by molar-refractivity contribution is 0.00436. The van der Waals surface area contributed by atoms with Crippen LogP contribution in [0.15, 0.2) is 12.3 Å². The molecule has 1 heterocycles. The van der Waals surface area contributed by atoms with E-state index in [-0.39, 0.29) is 12.2 Å². The zero-order chi connectivity index (χ0) is 16.6. The molecule has 0 N–H and O–H groups in total. The highest BCUT2D eigenvalue weighted by Gasteiger charge is 2.39. The Hall–Kier alpha value is -0.106. The minimum Gasteiger partial charge on any atom is -0.499 e. The smallest absolute Gasteiger partial charge is 0.193 e. The van der Waals surface area contributed by atoms with E-state index in [1.807, 2.05) is 0 Å². The van der Waals surface area contributed by atoms with Gasteiger partial charge in [0.2, 0.25) is 0 Å². The second-order valence-electron chi connectivity index (χ2n) is 6.39. The Morgan fingerprint density at radius 2 is 1.27 bits per heavy atom. The third-order valence-corrected chi connectivity index (χ3v) is 15.0. The van der Waals surface area contributed by atoms with Gasteiger partial charge in [0.05, 0.1) is 12.4 Å². The van der Waals surface area contributed by atoms with Crippen LogP contribution < -0.4 is 0 Å². The average Bonchev–Trinajstić information content (AvgIpc) is 2.59. The SMILES string of the molecule is CC[Si](CC)(CC)O[C@H]1COC=C[C@H]1O[Si](CC)(CC)CC. The molecular formula is C17H36O3Si2. The van der Waals surface area contributed by atoms with E-state index in [0.717, 1.165) is 0 Å². The van der Waals surface area contributed by atoms with Crippen LogP contribution in [-0.4, -0.2) is 35.4 Å². The molecular weight excluding hydrogens is 308 g/mol. The van der Waals surface area contributed by atoms with Crippen LogP contribution in [0, 0.1) is 0 Å². The van der Waals surface area contributed by atoms with Crippen LogP contribution in [0.2, 0.25) is 36.3 Å². The van der Waals surface area contributed by atoms with Gasteiger partial charge in [-0.3, -0.25) is 0 Å². The second kappa shape index (κ2) is 9.25. The molecule has 0 fully saturated rings. The maximum Gasteiger partial charge on any atom is 0.193 e. The monoisotopic (exact) mass is 344 g/mol. The highest BCUT2D eigenvalue weighted by atomic mass is 28.4. The Balaban J connectivity index is 2.87. The van der Waals surface area contributed by atoms with Gasteiger partial charge in [0, 0.05) is 0 Å². The summed E-state index contributed by atoms with van der Waals surface area (Å²) in [7, 11) is -3.25. The summed E-state index contributed by atoms with van der Waals surface area (Å²) in [4.78, 5) is 0. The van der Waals surface area contributed by atoms with Crippen LogP contribution in [0.25, 0.3) is 0 Å². The molecule has 0 bridgehead atoms. The average molecular weight is 345 g/mol. The zero-order valence-electron chi connectivity index (χ0n) is 15.5. The fourth-order valence-electron chi connectivity index (χ4n) is 3.33. The molecule has 0 amide bonds. The predicted octanol–water partition coefficient (Wildman–Crippen LogP) is 5.31. The molecule has 130 valence electrons. The summed E-state index contributed by atoms with van der Waals surface area (Å²) in [5.41, 5.74) is 0. The van der Waals surface area contributed by atoms with Crippen molar-refractivity contribution in [2.75, 3.05) is 6.61 Å². The molecule has 0 saturated carbocycles. The normalized spacial score (nSPS) is 22.6. The maximum atomic E-state index is 6.69. The van der Waals surface area contributed by atoms with Crippen molar-refractivity contribution in [3.63, 3.8) is 0 Å². The van der Waals surface area contributed by atoms with Crippen molar-refractivity contribution in [1.82, 2.24) is 0 Å². The lowest BCUT2D eigenvalue weighted by Crippen LogP contribution is -2.51. The van der Waals surface area contributed by atoms with Crippen molar-refractivity contribution in [2.45, 2.75) is 90.0 Å². The highest BCUT2D eigenvalue weighted by Crippen LogP contribution is 2.30. The highest BCUT2D eigenvalue weighted by molar-refractivity contribution is 6.74. The van der Waals surface area contributed by atoms with Gasteiger partial charge in [-0.25, -0.2) is 0 Å². The van der Waals surface area contributed by atoms with E-state index in [1.165, 1.54) is 36.3 Å². The summed E-state index contributed by atoms with van der Waals surface area (Å²) >= 11 is 0. The summed E-state index contributed by atoms with van der Waals surface area (Å²) in [5.74, 6) is 0. The Morgan fingerprint density at radius 1 is 0.818 bits per heavy atom. The lowest BCUT2D eigenvalue weighted by atomic mass is 10.2. The van der Waals surface area contributed by atoms with E-state index in [9.17, 15) is 0 Å². The van der Waals surface area contributed by atoms with Gasteiger partial charge in [-0.1, -0.05) is 41.5 Å². The molecule has 1 aliphatic heterocycles. The summed E-state index contributed by atoms with van der Waals surface area (Å²) in [6, 6.07) is 7.04. The van der Waals surface area contributed by atoms with Crippen LogP contribution in [0.5, 0.6) is 0 Å². The van der Waals surface area contributed by atoms with E-state index >= 15 is 0 Å². The molecule has 3 nitrogen and oxygen atoms in total. The summed E-state index contributed by atoms with van der Waals surface area (Å²) < 4.78 is 18.9. The molecule has 0 saturated heterocycles. The quantitative estimate of drug-likeness (QED) is 0.503. The van der Waals surface area contributed by atoms with Gasteiger partial charge >= 0.3 is 0 Å². The van der Waals surface area contributed by atoms with Crippen LogP contribution in [0.1, 0.15) is 41.5 Å².